The Hall–Kier alpha value is -1.55. The van der Waals surface area contributed by atoms with E-state index in [1.807, 2.05) is 19.1 Å². The minimum absolute atomic E-state index is 0.510. The standard InChI is InChI=1S/C17H27NO3/c1-5-17(18-4,16(19)20)11-6-12-21-15-9-7-14(8-10-15)13(2)3/h7-10,13,18H,5-6,11-12H2,1-4H3,(H,19,20). The van der Waals surface area contributed by atoms with Crippen LogP contribution in [0.4, 0.5) is 0 Å². The predicted octanol–water partition coefficient (Wildman–Crippen LogP) is 3.42. The summed E-state index contributed by atoms with van der Waals surface area (Å²) in [6.07, 6.45) is 1.81. The molecule has 0 saturated heterocycles. The van der Waals surface area contributed by atoms with Gasteiger partial charge < -0.3 is 15.2 Å². The van der Waals surface area contributed by atoms with Gasteiger partial charge in [0.15, 0.2) is 0 Å². The Bertz CT molecular complexity index is 436. The van der Waals surface area contributed by atoms with Crippen LogP contribution >= 0.6 is 0 Å². The van der Waals surface area contributed by atoms with Gasteiger partial charge in [-0.05, 0) is 49.9 Å². The van der Waals surface area contributed by atoms with Gasteiger partial charge in [-0.15, -0.1) is 0 Å². The normalized spacial score (nSPS) is 14.0. The Kier molecular flexibility index (Phi) is 6.69. The summed E-state index contributed by atoms with van der Waals surface area (Å²) in [5.74, 6) is 0.547. The van der Waals surface area contributed by atoms with Gasteiger partial charge in [-0.2, -0.15) is 0 Å². The number of likely N-dealkylation sites (N-methyl/N-ethyl adjacent to an activating group) is 1. The molecule has 0 aliphatic heterocycles. The molecule has 1 atom stereocenters. The molecule has 21 heavy (non-hydrogen) atoms. The first-order valence-electron chi connectivity index (χ1n) is 7.60. The molecule has 0 fully saturated rings. The van der Waals surface area contributed by atoms with Crippen molar-refractivity contribution in [1.29, 1.82) is 0 Å². The summed E-state index contributed by atoms with van der Waals surface area (Å²) in [6.45, 7) is 6.72. The average molecular weight is 293 g/mol. The molecule has 0 aliphatic carbocycles. The monoisotopic (exact) mass is 293 g/mol. The van der Waals surface area contributed by atoms with E-state index < -0.39 is 11.5 Å². The summed E-state index contributed by atoms with van der Waals surface area (Å²) in [6, 6.07) is 8.08. The van der Waals surface area contributed by atoms with E-state index in [0.29, 0.717) is 31.8 Å². The van der Waals surface area contributed by atoms with E-state index in [9.17, 15) is 9.90 Å². The summed E-state index contributed by atoms with van der Waals surface area (Å²) in [5.41, 5.74) is 0.443. The maximum atomic E-state index is 11.3. The summed E-state index contributed by atoms with van der Waals surface area (Å²) in [5, 5.41) is 12.2. The second-order valence-corrected chi connectivity index (χ2v) is 5.67. The lowest BCUT2D eigenvalue weighted by Gasteiger charge is -2.27. The van der Waals surface area contributed by atoms with Crippen molar-refractivity contribution in [1.82, 2.24) is 5.32 Å². The van der Waals surface area contributed by atoms with E-state index >= 15 is 0 Å². The quantitative estimate of drug-likeness (QED) is 0.685. The van der Waals surface area contributed by atoms with Gasteiger partial charge in [-0.25, -0.2) is 0 Å². The van der Waals surface area contributed by atoms with Crippen LogP contribution in [-0.4, -0.2) is 30.3 Å². The number of hydrogen-bond donors (Lipinski definition) is 2. The van der Waals surface area contributed by atoms with Crippen molar-refractivity contribution in [2.75, 3.05) is 13.7 Å². The molecule has 1 aromatic carbocycles. The van der Waals surface area contributed by atoms with Crippen LogP contribution in [0.1, 0.15) is 51.5 Å². The minimum Gasteiger partial charge on any atom is -0.494 e. The summed E-state index contributed by atoms with van der Waals surface area (Å²) in [7, 11) is 1.70. The highest BCUT2D eigenvalue weighted by atomic mass is 16.5. The van der Waals surface area contributed by atoms with Crippen LogP contribution in [0.25, 0.3) is 0 Å². The molecule has 4 nitrogen and oxygen atoms in total. The Balaban J connectivity index is 2.44. The third kappa shape index (κ3) is 4.74. The molecular formula is C17H27NO3. The van der Waals surface area contributed by atoms with Crippen molar-refractivity contribution in [2.24, 2.45) is 0 Å². The van der Waals surface area contributed by atoms with Crippen molar-refractivity contribution in [3.8, 4) is 5.75 Å². The first-order chi connectivity index (χ1) is 9.95. The summed E-state index contributed by atoms with van der Waals surface area (Å²) in [4.78, 5) is 11.3. The molecule has 118 valence electrons. The molecule has 0 spiro atoms. The minimum atomic E-state index is -0.842. The summed E-state index contributed by atoms with van der Waals surface area (Å²) < 4.78 is 5.68. The first-order valence-corrected chi connectivity index (χ1v) is 7.60. The molecule has 0 radical (unpaired) electrons. The molecule has 2 N–H and O–H groups in total. The van der Waals surface area contributed by atoms with E-state index in [1.54, 1.807) is 7.05 Å². The zero-order valence-corrected chi connectivity index (χ0v) is 13.5. The lowest BCUT2D eigenvalue weighted by molar-refractivity contribution is -0.145. The van der Waals surface area contributed by atoms with Crippen LogP contribution in [0, 0.1) is 0 Å². The number of carbonyl (C=O) groups is 1. The maximum Gasteiger partial charge on any atom is 0.323 e. The van der Waals surface area contributed by atoms with E-state index in [2.05, 4.69) is 31.3 Å². The molecule has 0 saturated carbocycles. The molecule has 1 aromatic rings. The second kappa shape index (κ2) is 8.03. The van der Waals surface area contributed by atoms with Gasteiger partial charge >= 0.3 is 5.97 Å². The van der Waals surface area contributed by atoms with Crippen molar-refractivity contribution in [3.63, 3.8) is 0 Å². The van der Waals surface area contributed by atoms with E-state index in [4.69, 9.17) is 4.74 Å². The van der Waals surface area contributed by atoms with Crippen LogP contribution in [-0.2, 0) is 4.79 Å². The fraction of sp³-hybridized carbons (Fsp3) is 0.588. The molecule has 0 bridgehead atoms. The van der Waals surface area contributed by atoms with Crippen LogP contribution in [0.2, 0.25) is 0 Å². The van der Waals surface area contributed by atoms with Gasteiger partial charge in [0.25, 0.3) is 0 Å². The molecule has 1 rings (SSSR count). The van der Waals surface area contributed by atoms with E-state index in [1.165, 1.54) is 5.56 Å². The number of carboxylic acid groups (broad SMARTS) is 1. The SMILES string of the molecule is CCC(CCCOc1ccc(C(C)C)cc1)(NC)C(=O)O. The molecule has 1 unspecified atom stereocenters. The zero-order chi connectivity index (χ0) is 15.9. The van der Waals surface area contributed by atoms with Gasteiger partial charge in [0.1, 0.15) is 11.3 Å². The number of aliphatic carboxylic acids is 1. The van der Waals surface area contributed by atoms with Crippen LogP contribution < -0.4 is 10.1 Å². The average Bonchev–Trinajstić information content (AvgIpc) is 2.48. The number of carboxylic acids is 1. The lowest BCUT2D eigenvalue weighted by atomic mass is 9.91. The molecule has 0 aliphatic rings. The van der Waals surface area contributed by atoms with Gasteiger partial charge in [0.2, 0.25) is 0 Å². The molecule has 0 amide bonds. The predicted molar refractivity (Wildman–Crippen MR) is 85.0 cm³/mol. The van der Waals surface area contributed by atoms with Crippen LogP contribution in [0.15, 0.2) is 24.3 Å². The molecule has 0 aromatic heterocycles. The largest absolute Gasteiger partial charge is 0.494 e. The molecular weight excluding hydrogens is 266 g/mol. The van der Waals surface area contributed by atoms with Crippen molar-refractivity contribution in [2.45, 2.75) is 51.5 Å². The highest BCUT2D eigenvalue weighted by Crippen LogP contribution is 2.20. The maximum absolute atomic E-state index is 11.3. The summed E-state index contributed by atoms with van der Waals surface area (Å²) >= 11 is 0. The number of hydrogen-bond acceptors (Lipinski definition) is 3. The third-order valence-electron chi connectivity index (χ3n) is 4.05. The Morgan fingerprint density at radius 1 is 1.33 bits per heavy atom. The Morgan fingerprint density at radius 2 is 1.95 bits per heavy atom. The van der Waals surface area contributed by atoms with E-state index in [0.717, 1.165) is 5.75 Å². The second-order valence-electron chi connectivity index (χ2n) is 5.67. The van der Waals surface area contributed by atoms with E-state index in [-0.39, 0.29) is 0 Å². The van der Waals surface area contributed by atoms with Crippen molar-refractivity contribution in [3.05, 3.63) is 29.8 Å². The fourth-order valence-corrected chi connectivity index (χ4v) is 2.36. The van der Waals surface area contributed by atoms with Gasteiger partial charge in [-0.3, -0.25) is 4.79 Å². The van der Waals surface area contributed by atoms with Crippen molar-refractivity contribution >= 4 is 5.97 Å². The van der Waals surface area contributed by atoms with Crippen molar-refractivity contribution < 1.29 is 14.6 Å². The van der Waals surface area contributed by atoms with Gasteiger partial charge in [0.05, 0.1) is 6.61 Å². The smallest absolute Gasteiger partial charge is 0.323 e. The number of nitrogens with one attached hydrogen (secondary N) is 1. The highest BCUT2D eigenvalue weighted by molar-refractivity contribution is 5.78. The zero-order valence-electron chi connectivity index (χ0n) is 13.5. The topological polar surface area (TPSA) is 58.6 Å². The third-order valence-corrected chi connectivity index (χ3v) is 4.05. The first kappa shape index (κ1) is 17.5. The fourth-order valence-electron chi connectivity index (χ4n) is 2.36. The van der Waals surface area contributed by atoms with Gasteiger partial charge in [0, 0.05) is 0 Å². The highest BCUT2D eigenvalue weighted by Gasteiger charge is 2.34. The van der Waals surface area contributed by atoms with Crippen LogP contribution in [0.5, 0.6) is 5.75 Å². The van der Waals surface area contributed by atoms with Crippen LogP contribution in [0.3, 0.4) is 0 Å². The number of ether oxygens (including phenoxy) is 1. The molecule has 0 heterocycles. The molecule has 4 heteroatoms. The van der Waals surface area contributed by atoms with Gasteiger partial charge in [-0.1, -0.05) is 32.9 Å². The Labute approximate surface area is 127 Å². The Morgan fingerprint density at radius 3 is 2.38 bits per heavy atom. The lowest BCUT2D eigenvalue weighted by Crippen LogP contribution is -2.50. The number of rotatable bonds is 9. The number of benzene rings is 1.